The molecule has 0 spiro atoms. The van der Waals surface area contributed by atoms with Gasteiger partial charge in [0.15, 0.2) is 24.8 Å². The third kappa shape index (κ3) is 6.45. The molecule has 1 aliphatic rings. The Morgan fingerprint density at radius 2 is 0.960 bits per heavy atom. The number of phenolic OH excluding ortho intramolecular Hbond substituents is 2. The van der Waals surface area contributed by atoms with Crippen molar-refractivity contribution in [2.45, 2.75) is 25.6 Å². The molecule has 254 valence electrons. The highest BCUT2D eigenvalue weighted by Crippen LogP contribution is 2.57. The van der Waals surface area contributed by atoms with Crippen molar-refractivity contribution < 1.29 is 45.1 Å². The van der Waals surface area contributed by atoms with Gasteiger partial charge in [0.2, 0.25) is 0 Å². The zero-order chi connectivity index (χ0) is 35.8. The molecule has 0 fully saturated rings. The number of alkyl halides is 3. The zero-order valence-corrected chi connectivity index (χ0v) is 27.2. The van der Waals surface area contributed by atoms with Crippen LogP contribution in [0.1, 0.15) is 22.3 Å². The molecule has 0 radical (unpaired) electrons. The molecule has 0 heterocycles. The summed E-state index contributed by atoms with van der Waals surface area (Å²) >= 11 is 0. The van der Waals surface area contributed by atoms with Crippen molar-refractivity contribution >= 4 is 21.0 Å². The van der Waals surface area contributed by atoms with Crippen LogP contribution in [0, 0.1) is 11.6 Å². The summed E-state index contributed by atoms with van der Waals surface area (Å²) in [5.74, 6) is -0.281. The maximum atomic E-state index is 14.0. The minimum Gasteiger partial charge on any atom is -0.741 e. The van der Waals surface area contributed by atoms with Gasteiger partial charge >= 0.3 is 5.51 Å². The monoisotopic (exact) mass is 720 g/mol. The number of hydrogen-bond acceptors (Lipinski definition) is 5. The Morgan fingerprint density at radius 1 is 0.560 bits per heavy atom. The van der Waals surface area contributed by atoms with E-state index in [9.17, 15) is 32.2 Å². The molecule has 0 saturated carbocycles. The summed E-state index contributed by atoms with van der Waals surface area (Å²) in [6, 6.07) is 42.3. The van der Waals surface area contributed by atoms with E-state index in [-0.39, 0.29) is 23.1 Å². The van der Waals surface area contributed by atoms with Crippen molar-refractivity contribution in [3.63, 3.8) is 0 Å². The van der Waals surface area contributed by atoms with Crippen LogP contribution in [0.2, 0.25) is 0 Å². The fourth-order valence-electron chi connectivity index (χ4n) is 6.15. The fraction of sp³-hybridized carbons (Fsp3) is 0.0526. The average Bonchev–Trinajstić information content (AvgIpc) is 3.37. The highest BCUT2D eigenvalue weighted by Gasteiger charge is 2.47. The van der Waals surface area contributed by atoms with Gasteiger partial charge in [0, 0.05) is 0 Å². The molecule has 0 amide bonds. The lowest BCUT2D eigenvalue weighted by molar-refractivity contribution is -0.0517. The lowest BCUT2D eigenvalue weighted by Crippen LogP contribution is -2.28. The number of aromatic hydroxyl groups is 2. The van der Waals surface area contributed by atoms with Crippen LogP contribution in [0.3, 0.4) is 0 Å². The minimum atomic E-state index is -6.09. The Kier molecular flexibility index (Phi) is 9.21. The maximum Gasteiger partial charge on any atom is 0.485 e. The van der Waals surface area contributed by atoms with Gasteiger partial charge in [-0.05, 0) is 124 Å². The summed E-state index contributed by atoms with van der Waals surface area (Å²) in [5, 5.41) is 20.4. The van der Waals surface area contributed by atoms with Crippen molar-refractivity contribution in [3.05, 3.63) is 173 Å². The second kappa shape index (κ2) is 13.3. The topological polar surface area (TPSA) is 97.7 Å². The summed E-state index contributed by atoms with van der Waals surface area (Å²) in [6.45, 7) is 0. The Bertz CT molecular complexity index is 2170. The normalized spacial score (nSPS) is 13.3. The smallest absolute Gasteiger partial charge is 0.485 e. The highest BCUT2D eigenvalue weighted by molar-refractivity contribution is 7.97. The first-order chi connectivity index (χ1) is 23.7. The van der Waals surface area contributed by atoms with E-state index in [4.69, 9.17) is 13.0 Å². The summed E-state index contributed by atoms with van der Waals surface area (Å²) < 4.78 is 86.9. The van der Waals surface area contributed by atoms with Gasteiger partial charge < -0.3 is 14.8 Å². The number of rotatable bonds is 5. The van der Waals surface area contributed by atoms with E-state index >= 15 is 0 Å². The quantitative estimate of drug-likeness (QED) is 0.0802. The van der Waals surface area contributed by atoms with Crippen molar-refractivity contribution in [3.8, 4) is 22.6 Å². The molecule has 0 bridgehead atoms. The predicted octanol–water partition coefficient (Wildman–Crippen LogP) is 8.89. The fourth-order valence-corrected chi connectivity index (χ4v) is 8.22. The molecule has 12 heteroatoms. The Balaban J connectivity index is 0.000000485. The van der Waals surface area contributed by atoms with Gasteiger partial charge in [-0.2, -0.15) is 13.2 Å². The standard InChI is InChI=1S/C37H24F2O2S.CHF3O3S/c38-26-9-17-30(18-10-26)42(31-19-11-27(39)12-20-31)32-21-22-34-33-3-1-2-4-35(33)37(36(34)23-32,24-5-13-28(40)14-6-24)25-7-15-29(41)16-8-25;2-1(3,4)8(5,6)7/h1-23H,(H-,40,41);(H,5,6,7). The predicted molar refractivity (Wildman–Crippen MR) is 178 cm³/mol. The molecule has 6 aromatic carbocycles. The summed E-state index contributed by atoms with van der Waals surface area (Å²) in [4.78, 5) is 2.83. The molecule has 7 rings (SSSR count). The first kappa shape index (κ1) is 34.7. The van der Waals surface area contributed by atoms with E-state index in [1.54, 1.807) is 48.5 Å². The van der Waals surface area contributed by atoms with Gasteiger partial charge in [-0.15, -0.1) is 0 Å². The third-order valence-corrected chi connectivity index (χ3v) is 11.0. The van der Waals surface area contributed by atoms with E-state index in [1.807, 2.05) is 36.4 Å². The largest absolute Gasteiger partial charge is 0.741 e. The van der Waals surface area contributed by atoms with Gasteiger partial charge in [0.1, 0.15) is 23.1 Å². The van der Waals surface area contributed by atoms with E-state index in [2.05, 4.69) is 30.3 Å². The Hall–Kier alpha value is -5.17. The van der Waals surface area contributed by atoms with Crippen LogP contribution in [-0.4, -0.2) is 28.7 Å². The Morgan fingerprint density at radius 3 is 1.40 bits per heavy atom. The van der Waals surface area contributed by atoms with E-state index in [0.717, 1.165) is 48.1 Å². The molecule has 1 aliphatic carbocycles. The molecule has 50 heavy (non-hydrogen) atoms. The molecule has 0 aliphatic heterocycles. The lowest BCUT2D eigenvalue weighted by atomic mass is 9.67. The SMILES string of the molecule is O=S(=O)([O-])C(F)(F)F.Oc1ccc(C2(c3ccc(O)cc3)c3ccccc3-c3ccc([S+](c4ccc(F)cc4)c4ccc(F)cc4)cc32)cc1. The van der Waals surface area contributed by atoms with Crippen LogP contribution in [0.4, 0.5) is 22.0 Å². The van der Waals surface area contributed by atoms with Crippen LogP contribution < -0.4 is 0 Å². The summed E-state index contributed by atoms with van der Waals surface area (Å²) in [5.41, 5.74) is -0.121. The molecule has 5 nitrogen and oxygen atoms in total. The van der Waals surface area contributed by atoms with Crippen LogP contribution in [0.25, 0.3) is 11.1 Å². The number of halogens is 5. The van der Waals surface area contributed by atoms with Gasteiger partial charge in [-0.25, -0.2) is 17.2 Å². The van der Waals surface area contributed by atoms with Crippen LogP contribution in [0.15, 0.2) is 154 Å². The molecular formula is C38H25F5O5S2. The number of fused-ring (bicyclic) bond motifs is 3. The van der Waals surface area contributed by atoms with E-state index in [0.29, 0.717) is 0 Å². The molecule has 0 atom stereocenters. The second-order valence-corrected chi connectivity index (χ2v) is 14.6. The van der Waals surface area contributed by atoms with Gasteiger partial charge in [-0.1, -0.05) is 48.5 Å². The van der Waals surface area contributed by atoms with Crippen molar-refractivity contribution in [2.75, 3.05) is 0 Å². The molecular weight excluding hydrogens is 696 g/mol. The second-order valence-electron chi connectivity index (χ2n) is 11.2. The van der Waals surface area contributed by atoms with E-state index in [1.165, 1.54) is 24.3 Å². The van der Waals surface area contributed by atoms with Crippen LogP contribution in [-0.2, 0) is 26.4 Å². The Labute approximate surface area is 287 Å². The van der Waals surface area contributed by atoms with Crippen molar-refractivity contribution in [1.29, 1.82) is 0 Å². The first-order valence-electron chi connectivity index (χ1n) is 14.8. The average molecular weight is 721 g/mol. The number of phenols is 2. The highest BCUT2D eigenvalue weighted by atomic mass is 32.2. The van der Waals surface area contributed by atoms with Crippen molar-refractivity contribution in [1.82, 2.24) is 0 Å². The number of hydrogen-bond donors (Lipinski definition) is 2. The number of benzene rings is 6. The molecule has 2 N–H and O–H groups in total. The molecule has 0 unspecified atom stereocenters. The van der Waals surface area contributed by atoms with Crippen molar-refractivity contribution in [2.24, 2.45) is 0 Å². The van der Waals surface area contributed by atoms with Gasteiger partial charge in [-0.3, -0.25) is 0 Å². The minimum absolute atomic E-state index is 0.175. The summed E-state index contributed by atoms with van der Waals surface area (Å²) in [6.07, 6.45) is 0. The van der Waals surface area contributed by atoms with Gasteiger partial charge in [0.25, 0.3) is 0 Å². The van der Waals surface area contributed by atoms with E-state index < -0.39 is 31.9 Å². The molecule has 0 saturated heterocycles. The van der Waals surface area contributed by atoms with Crippen LogP contribution in [0.5, 0.6) is 11.5 Å². The maximum absolute atomic E-state index is 14.0. The molecule has 6 aromatic rings. The van der Waals surface area contributed by atoms with Gasteiger partial charge in [0.05, 0.1) is 16.3 Å². The third-order valence-electron chi connectivity index (χ3n) is 8.23. The zero-order valence-electron chi connectivity index (χ0n) is 25.6. The first-order valence-corrected chi connectivity index (χ1v) is 17.4. The lowest BCUT2D eigenvalue weighted by Gasteiger charge is -2.34. The summed E-state index contributed by atoms with van der Waals surface area (Å²) in [7, 11) is -6.75. The molecule has 0 aromatic heterocycles. The van der Waals surface area contributed by atoms with Crippen LogP contribution >= 0.6 is 0 Å².